The lowest BCUT2D eigenvalue weighted by atomic mass is 10.0. The lowest BCUT2D eigenvalue weighted by molar-refractivity contribution is -0.108. The van der Waals surface area contributed by atoms with Gasteiger partial charge in [-0.3, -0.25) is 9.59 Å². The third-order valence-electron chi connectivity index (χ3n) is 5.13. The summed E-state index contributed by atoms with van der Waals surface area (Å²) in [5, 5.41) is 0.0732. The Morgan fingerprint density at radius 3 is 1.29 bits per heavy atom. The van der Waals surface area contributed by atoms with Gasteiger partial charge < -0.3 is 9.47 Å². The highest BCUT2D eigenvalue weighted by atomic mass is 79.9. The molecule has 4 nitrogen and oxygen atoms in total. The number of hydrogen-bond acceptors (Lipinski definition) is 8. The first-order valence-corrected chi connectivity index (χ1v) is 19.7. The van der Waals surface area contributed by atoms with E-state index in [0.717, 1.165) is 63.5 Å². The van der Waals surface area contributed by atoms with Crippen LogP contribution >= 0.6 is 111 Å². The number of carbonyl (C=O) groups excluding carboxylic acids is 2. The maximum absolute atomic E-state index is 11.7. The van der Waals surface area contributed by atoms with Gasteiger partial charge in [0.25, 0.3) is 0 Å². The number of rotatable bonds is 16. The normalized spacial score (nSPS) is 12.5. The second-order valence-corrected chi connectivity index (χ2v) is 17.3. The average Bonchev–Trinajstić information content (AvgIpc) is 2.88. The van der Waals surface area contributed by atoms with E-state index in [1.54, 1.807) is 37.4 Å². The van der Waals surface area contributed by atoms with Crippen molar-refractivity contribution in [2.75, 3.05) is 23.0 Å². The van der Waals surface area contributed by atoms with Gasteiger partial charge in [-0.1, -0.05) is 36.7 Å². The molecule has 0 N–H and O–H groups in total. The summed E-state index contributed by atoms with van der Waals surface area (Å²) in [5.41, 5.74) is 3.23. The molecule has 2 aromatic rings. The zero-order valence-electron chi connectivity index (χ0n) is 23.2. The van der Waals surface area contributed by atoms with Crippen LogP contribution in [0.5, 0.6) is 11.5 Å². The number of ether oxygens (including phenoxy) is 2. The second kappa shape index (κ2) is 18.9. The minimum absolute atomic E-state index is 0.0366. The summed E-state index contributed by atoms with van der Waals surface area (Å²) in [6.45, 7) is 14.8. The first kappa shape index (κ1) is 37.4. The predicted octanol–water partition coefficient (Wildman–Crippen LogP) is 10.9. The molecule has 0 aromatic heterocycles. The van der Waals surface area contributed by atoms with Crippen LogP contribution in [0.1, 0.15) is 38.8 Å². The largest absolute Gasteiger partial charge is 0.478 e. The van der Waals surface area contributed by atoms with E-state index >= 15 is 0 Å². The van der Waals surface area contributed by atoms with Gasteiger partial charge in [-0.15, -0.1) is 23.5 Å². The number of carbonyl (C=O) groups is 2. The molecule has 0 spiro atoms. The van der Waals surface area contributed by atoms with Gasteiger partial charge in [0.15, 0.2) is 0 Å². The number of halogens is 4. The molecular formula is C29H32Br4O4S4. The Morgan fingerprint density at radius 2 is 1.00 bits per heavy atom. The van der Waals surface area contributed by atoms with Gasteiger partial charge in [0.05, 0.1) is 17.9 Å². The molecule has 0 radical (unpaired) electrons. The van der Waals surface area contributed by atoms with Crippen LogP contribution in [0.3, 0.4) is 0 Å². The minimum atomic E-state index is -0.0772. The SMILES string of the molecule is C=C(C)C(=O)SCCSC(C)Oc1c(Br)cc(Cc2cc(Br)c(OC(C)SCCSC(=O)C(=C)C)c(Br)c2)cc1Br. The first-order valence-electron chi connectivity index (χ1n) is 12.5. The van der Waals surface area contributed by atoms with E-state index in [4.69, 9.17) is 9.47 Å². The van der Waals surface area contributed by atoms with E-state index < -0.39 is 0 Å². The van der Waals surface area contributed by atoms with E-state index in [0.29, 0.717) is 17.6 Å². The molecule has 0 fully saturated rings. The van der Waals surface area contributed by atoms with Crippen LogP contribution in [0.15, 0.2) is 66.5 Å². The highest BCUT2D eigenvalue weighted by Gasteiger charge is 2.17. The van der Waals surface area contributed by atoms with E-state index in [2.05, 4.69) is 101 Å². The Labute approximate surface area is 294 Å². The lowest BCUT2D eigenvalue weighted by Crippen LogP contribution is -2.10. The highest BCUT2D eigenvalue weighted by Crippen LogP contribution is 2.40. The molecule has 2 atom stereocenters. The number of thioether (sulfide) groups is 4. The summed E-state index contributed by atoms with van der Waals surface area (Å²) in [6.07, 6.45) is 0.714. The van der Waals surface area contributed by atoms with Crippen molar-refractivity contribution in [1.29, 1.82) is 0 Å². The Kier molecular flexibility index (Phi) is 17.2. The topological polar surface area (TPSA) is 52.6 Å². The van der Waals surface area contributed by atoms with Gasteiger partial charge >= 0.3 is 0 Å². The Hall–Kier alpha value is 0.180. The summed E-state index contributed by atoms with van der Waals surface area (Å²) >= 11 is 20.6. The third kappa shape index (κ3) is 13.4. The van der Waals surface area contributed by atoms with Crippen molar-refractivity contribution in [2.45, 2.75) is 45.0 Å². The standard InChI is InChI=1S/C29H32Br4O4S4/c1-16(2)28(34)40-9-7-38-18(5)36-26-22(30)12-20(13-23(26)31)11-21-14-24(32)27(25(33)15-21)37-19(6)39-8-10-41-29(35)17(3)4/h12-15,18-19H,1,3,7-11H2,2,4-6H3. The summed E-state index contributed by atoms with van der Waals surface area (Å²) in [4.78, 5) is 23.4. The van der Waals surface area contributed by atoms with E-state index in [-0.39, 0.29) is 21.1 Å². The maximum Gasteiger partial charge on any atom is 0.214 e. The fourth-order valence-corrected chi connectivity index (χ4v) is 9.46. The number of benzene rings is 2. The second-order valence-electron chi connectivity index (χ2n) is 8.90. The van der Waals surface area contributed by atoms with Crippen molar-refractivity contribution in [3.05, 3.63) is 77.6 Å². The molecule has 0 heterocycles. The van der Waals surface area contributed by atoms with Gasteiger partial charge in [0, 0.05) is 23.0 Å². The summed E-state index contributed by atoms with van der Waals surface area (Å²) < 4.78 is 15.8. The fourth-order valence-electron chi connectivity index (χ4n) is 3.23. The third-order valence-corrected chi connectivity index (χ3v) is 12.0. The van der Waals surface area contributed by atoms with Gasteiger partial charge in [0.2, 0.25) is 10.2 Å². The Morgan fingerprint density at radius 1 is 0.683 bits per heavy atom. The summed E-state index contributed by atoms with van der Waals surface area (Å²) in [5.74, 6) is 4.53. The van der Waals surface area contributed by atoms with Crippen molar-refractivity contribution in [2.24, 2.45) is 0 Å². The molecule has 0 aliphatic carbocycles. The quantitative estimate of drug-likeness (QED) is 0.0939. The smallest absolute Gasteiger partial charge is 0.214 e. The molecule has 2 aromatic carbocycles. The van der Waals surface area contributed by atoms with Gasteiger partial charge in [-0.2, -0.15) is 0 Å². The van der Waals surface area contributed by atoms with Crippen molar-refractivity contribution >= 4 is 121 Å². The molecule has 2 unspecified atom stereocenters. The van der Waals surface area contributed by atoms with Crippen LogP contribution in [0.4, 0.5) is 0 Å². The van der Waals surface area contributed by atoms with Crippen molar-refractivity contribution in [3.8, 4) is 11.5 Å². The average molecular weight is 892 g/mol. The highest BCUT2D eigenvalue weighted by molar-refractivity contribution is 9.11. The Bertz CT molecular complexity index is 1130. The molecule has 2 rings (SSSR count). The van der Waals surface area contributed by atoms with Gasteiger partial charge in [-0.25, -0.2) is 0 Å². The monoisotopic (exact) mass is 888 g/mol. The van der Waals surface area contributed by atoms with Crippen LogP contribution < -0.4 is 9.47 Å². The van der Waals surface area contributed by atoms with E-state index in [9.17, 15) is 9.59 Å². The predicted molar refractivity (Wildman–Crippen MR) is 196 cm³/mol. The summed E-state index contributed by atoms with van der Waals surface area (Å²) in [6, 6.07) is 8.28. The number of hydrogen-bond donors (Lipinski definition) is 0. The minimum Gasteiger partial charge on any atom is -0.478 e. The van der Waals surface area contributed by atoms with E-state index in [1.165, 1.54) is 23.5 Å². The van der Waals surface area contributed by atoms with E-state index in [1.807, 2.05) is 13.8 Å². The molecular weight excluding hydrogens is 860 g/mol. The Balaban J connectivity index is 1.95. The van der Waals surface area contributed by atoms with Crippen LogP contribution in [-0.4, -0.2) is 44.1 Å². The first-order chi connectivity index (χ1) is 19.3. The van der Waals surface area contributed by atoms with Crippen LogP contribution in [0.25, 0.3) is 0 Å². The van der Waals surface area contributed by atoms with Crippen molar-refractivity contribution in [1.82, 2.24) is 0 Å². The molecule has 0 aliphatic rings. The zero-order chi connectivity index (χ0) is 30.7. The van der Waals surface area contributed by atoms with Gasteiger partial charge in [-0.05, 0) is 144 Å². The molecule has 0 aliphatic heterocycles. The zero-order valence-corrected chi connectivity index (χ0v) is 32.8. The van der Waals surface area contributed by atoms with Crippen molar-refractivity contribution < 1.29 is 19.1 Å². The molecule has 0 saturated heterocycles. The molecule has 224 valence electrons. The molecule has 12 heteroatoms. The molecule has 41 heavy (non-hydrogen) atoms. The van der Waals surface area contributed by atoms with Gasteiger partial charge in [0.1, 0.15) is 22.4 Å². The van der Waals surface area contributed by atoms with Crippen LogP contribution in [0.2, 0.25) is 0 Å². The molecule has 0 saturated carbocycles. The summed E-state index contributed by atoms with van der Waals surface area (Å²) in [7, 11) is 0. The van der Waals surface area contributed by atoms with Crippen molar-refractivity contribution in [3.63, 3.8) is 0 Å². The van der Waals surface area contributed by atoms with Crippen LogP contribution in [0, 0.1) is 0 Å². The fraction of sp³-hybridized carbons (Fsp3) is 0.379. The molecule has 0 amide bonds. The lowest BCUT2D eigenvalue weighted by Gasteiger charge is -2.19. The van der Waals surface area contributed by atoms with Crippen LogP contribution in [-0.2, 0) is 16.0 Å². The molecule has 0 bridgehead atoms. The maximum atomic E-state index is 11.7.